The lowest BCUT2D eigenvalue weighted by Gasteiger charge is -2.17. The number of hydrogen-bond donors (Lipinski definition) is 1. The number of aryl methyl sites for hydroxylation is 1. The summed E-state index contributed by atoms with van der Waals surface area (Å²) in [7, 11) is 0. The number of hydrogen-bond acceptors (Lipinski definition) is 5. The fourth-order valence-corrected chi connectivity index (χ4v) is 2.59. The zero-order valence-electron chi connectivity index (χ0n) is 12.8. The largest absolute Gasteiger partial charge is 0.453 e. The van der Waals surface area contributed by atoms with Gasteiger partial charge in [-0.1, -0.05) is 20.8 Å². The zero-order valence-corrected chi connectivity index (χ0v) is 13.6. The molecule has 22 heavy (non-hydrogen) atoms. The predicted molar refractivity (Wildman–Crippen MR) is 81.2 cm³/mol. The van der Waals surface area contributed by atoms with Crippen LogP contribution in [0.5, 0.6) is 0 Å². The quantitative estimate of drug-likeness (QED) is 0.869. The van der Waals surface area contributed by atoms with Crippen LogP contribution in [0.4, 0.5) is 19.0 Å². The van der Waals surface area contributed by atoms with Gasteiger partial charge in [-0.15, -0.1) is 5.10 Å². The maximum absolute atomic E-state index is 12.7. The van der Waals surface area contributed by atoms with Gasteiger partial charge in [0.05, 0.1) is 0 Å². The van der Waals surface area contributed by atoms with E-state index in [-0.39, 0.29) is 10.5 Å². The Kier molecular flexibility index (Phi) is 4.55. The van der Waals surface area contributed by atoms with Crippen molar-refractivity contribution in [2.75, 3.05) is 17.6 Å². The summed E-state index contributed by atoms with van der Waals surface area (Å²) in [6.07, 6.45) is -4.58. The SMILES string of the molecule is Cc1cc(NCCSC(C)(C)C)n2nc(C(F)(F)F)nc2n1. The Labute approximate surface area is 130 Å². The molecule has 2 aromatic heterocycles. The van der Waals surface area contributed by atoms with Crippen molar-refractivity contribution in [3.8, 4) is 0 Å². The fourth-order valence-electron chi connectivity index (χ4n) is 1.77. The summed E-state index contributed by atoms with van der Waals surface area (Å²) in [4.78, 5) is 7.43. The topological polar surface area (TPSA) is 55.1 Å². The first-order valence-electron chi connectivity index (χ1n) is 6.76. The van der Waals surface area contributed by atoms with Crippen molar-refractivity contribution in [2.45, 2.75) is 38.6 Å². The summed E-state index contributed by atoms with van der Waals surface area (Å²) in [5.74, 6) is 0.0451. The number of fused-ring (bicyclic) bond motifs is 1. The van der Waals surface area contributed by atoms with Crippen LogP contribution in [0.2, 0.25) is 0 Å². The monoisotopic (exact) mass is 333 g/mol. The Morgan fingerprint density at radius 3 is 2.50 bits per heavy atom. The molecule has 0 radical (unpaired) electrons. The van der Waals surface area contributed by atoms with E-state index in [2.05, 4.69) is 41.2 Å². The van der Waals surface area contributed by atoms with Crippen LogP contribution < -0.4 is 5.32 Å². The van der Waals surface area contributed by atoms with Crippen LogP contribution in [-0.2, 0) is 6.18 Å². The van der Waals surface area contributed by atoms with Crippen LogP contribution in [0.3, 0.4) is 0 Å². The molecule has 2 rings (SSSR count). The first kappa shape index (κ1) is 16.9. The van der Waals surface area contributed by atoms with Crippen LogP contribution in [0.1, 0.15) is 32.3 Å². The number of nitrogens with zero attached hydrogens (tertiary/aromatic N) is 4. The predicted octanol–water partition coefficient (Wildman–Crippen LogP) is 3.40. The molecule has 0 spiro atoms. The van der Waals surface area contributed by atoms with Crippen LogP contribution in [0, 0.1) is 6.92 Å². The Morgan fingerprint density at radius 2 is 1.91 bits per heavy atom. The second kappa shape index (κ2) is 5.94. The van der Waals surface area contributed by atoms with Crippen molar-refractivity contribution >= 4 is 23.4 Å². The van der Waals surface area contributed by atoms with E-state index in [0.717, 1.165) is 10.3 Å². The molecule has 0 atom stereocenters. The van der Waals surface area contributed by atoms with E-state index in [0.29, 0.717) is 18.1 Å². The van der Waals surface area contributed by atoms with Crippen molar-refractivity contribution in [3.05, 3.63) is 17.6 Å². The molecular formula is C13H18F3N5S. The van der Waals surface area contributed by atoms with Gasteiger partial charge in [0.1, 0.15) is 5.82 Å². The molecule has 0 amide bonds. The number of nitrogens with one attached hydrogen (secondary N) is 1. The highest BCUT2D eigenvalue weighted by molar-refractivity contribution is 8.00. The average Bonchev–Trinajstić information content (AvgIpc) is 2.76. The molecule has 2 aromatic rings. The maximum atomic E-state index is 12.7. The van der Waals surface area contributed by atoms with E-state index in [1.54, 1.807) is 24.8 Å². The molecule has 9 heteroatoms. The molecule has 0 saturated carbocycles. The second-order valence-corrected chi connectivity index (χ2v) is 7.74. The second-order valence-electron chi connectivity index (χ2n) is 5.82. The number of aromatic nitrogens is 4. The Morgan fingerprint density at radius 1 is 1.23 bits per heavy atom. The first-order valence-corrected chi connectivity index (χ1v) is 7.74. The van der Waals surface area contributed by atoms with E-state index >= 15 is 0 Å². The first-order chi connectivity index (χ1) is 10.1. The van der Waals surface area contributed by atoms with Crippen molar-refractivity contribution in [3.63, 3.8) is 0 Å². The van der Waals surface area contributed by atoms with E-state index < -0.39 is 12.0 Å². The lowest BCUT2D eigenvalue weighted by Crippen LogP contribution is -2.15. The maximum Gasteiger partial charge on any atom is 0.453 e. The molecule has 5 nitrogen and oxygen atoms in total. The van der Waals surface area contributed by atoms with Crippen molar-refractivity contribution in [1.29, 1.82) is 0 Å². The summed E-state index contributed by atoms with van der Waals surface area (Å²) in [5, 5.41) is 6.60. The third-order valence-electron chi connectivity index (χ3n) is 2.64. The van der Waals surface area contributed by atoms with Crippen LogP contribution in [-0.4, -0.2) is 36.6 Å². The minimum absolute atomic E-state index is 0.0571. The smallest absolute Gasteiger partial charge is 0.369 e. The normalized spacial score (nSPS) is 12.9. The molecular weight excluding hydrogens is 315 g/mol. The van der Waals surface area contributed by atoms with Crippen LogP contribution in [0.25, 0.3) is 5.78 Å². The van der Waals surface area contributed by atoms with Gasteiger partial charge in [0.15, 0.2) is 0 Å². The molecule has 0 aliphatic rings. The van der Waals surface area contributed by atoms with Crippen LogP contribution >= 0.6 is 11.8 Å². The molecule has 0 fully saturated rings. The highest BCUT2D eigenvalue weighted by Gasteiger charge is 2.36. The minimum Gasteiger partial charge on any atom is -0.369 e. The third-order valence-corrected chi connectivity index (χ3v) is 3.91. The molecule has 0 saturated heterocycles. The average molecular weight is 333 g/mol. The van der Waals surface area contributed by atoms with Gasteiger partial charge in [-0.3, -0.25) is 0 Å². The Balaban J connectivity index is 2.20. The van der Waals surface area contributed by atoms with Crippen LogP contribution in [0.15, 0.2) is 6.07 Å². The van der Waals surface area contributed by atoms with E-state index in [4.69, 9.17) is 0 Å². The van der Waals surface area contributed by atoms with Gasteiger partial charge in [-0.25, -0.2) is 4.98 Å². The Bertz CT molecular complexity index is 660. The van der Waals surface area contributed by atoms with Gasteiger partial charge in [0.25, 0.3) is 11.6 Å². The molecule has 0 unspecified atom stereocenters. The third kappa shape index (κ3) is 4.25. The summed E-state index contributed by atoms with van der Waals surface area (Å²) in [6, 6.07) is 1.66. The van der Waals surface area contributed by atoms with Gasteiger partial charge >= 0.3 is 6.18 Å². The lowest BCUT2D eigenvalue weighted by atomic mass is 10.3. The molecule has 1 N–H and O–H groups in total. The van der Waals surface area contributed by atoms with Gasteiger partial charge < -0.3 is 5.32 Å². The summed E-state index contributed by atoms with van der Waals surface area (Å²) < 4.78 is 39.4. The molecule has 0 aliphatic heterocycles. The summed E-state index contributed by atoms with van der Waals surface area (Å²) in [6.45, 7) is 8.65. The number of rotatable bonds is 4. The molecule has 0 aromatic carbocycles. The summed E-state index contributed by atoms with van der Waals surface area (Å²) >= 11 is 1.77. The van der Waals surface area contributed by atoms with E-state index in [9.17, 15) is 13.2 Å². The van der Waals surface area contributed by atoms with E-state index in [1.807, 2.05) is 0 Å². The lowest BCUT2D eigenvalue weighted by molar-refractivity contribution is -0.144. The van der Waals surface area contributed by atoms with E-state index in [1.165, 1.54) is 0 Å². The fraction of sp³-hybridized carbons (Fsp3) is 0.615. The Hall–Kier alpha value is -1.51. The van der Waals surface area contributed by atoms with Crippen molar-refractivity contribution < 1.29 is 13.2 Å². The summed E-state index contributed by atoms with van der Waals surface area (Å²) in [5.41, 5.74) is 0.583. The van der Waals surface area contributed by atoms with Gasteiger partial charge in [0, 0.05) is 28.8 Å². The molecule has 0 bridgehead atoms. The minimum atomic E-state index is -4.58. The highest BCUT2D eigenvalue weighted by Crippen LogP contribution is 2.27. The van der Waals surface area contributed by atoms with Gasteiger partial charge in [-0.05, 0) is 6.92 Å². The van der Waals surface area contributed by atoms with Crippen molar-refractivity contribution in [2.24, 2.45) is 0 Å². The number of thioether (sulfide) groups is 1. The number of halogens is 3. The van der Waals surface area contributed by atoms with Crippen molar-refractivity contribution in [1.82, 2.24) is 19.6 Å². The standard InChI is InChI=1S/C13H18F3N5S/c1-8-7-9(17-5-6-22-12(2,3)4)21-11(18-8)19-10(20-21)13(14,15)16/h7,17H,5-6H2,1-4H3. The molecule has 122 valence electrons. The number of anilines is 1. The van der Waals surface area contributed by atoms with Gasteiger partial charge in [0.2, 0.25) is 0 Å². The number of alkyl halides is 3. The molecule has 2 heterocycles. The highest BCUT2D eigenvalue weighted by atomic mass is 32.2. The zero-order chi connectivity index (χ0) is 16.5. The van der Waals surface area contributed by atoms with Gasteiger partial charge in [-0.2, -0.15) is 34.4 Å². The molecule has 0 aliphatic carbocycles.